The number of hydrogen-bond donors (Lipinski definition) is 1. The second-order valence-corrected chi connectivity index (χ2v) is 10.1. The van der Waals surface area contributed by atoms with Gasteiger partial charge in [0.1, 0.15) is 0 Å². The first-order valence-electron chi connectivity index (χ1n) is 10.2. The Morgan fingerprint density at radius 1 is 0.913 bits per heavy atom. The summed E-state index contributed by atoms with van der Waals surface area (Å²) in [4.78, 5) is 0. The van der Waals surface area contributed by atoms with E-state index in [9.17, 15) is 5.11 Å². The summed E-state index contributed by atoms with van der Waals surface area (Å²) in [5.41, 5.74) is 2.49. The highest BCUT2D eigenvalue weighted by Crippen LogP contribution is 2.68. The molecule has 0 aromatic rings. The Balaban J connectivity index is 1.61. The number of rotatable bonds is 1. The minimum atomic E-state index is -0.0160. The van der Waals surface area contributed by atoms with E-state index in [0.717, 1.165) is 42.4 Å². The molecule has 1 heteroatoms. The van der Waals surface area contributed by atoms with E-state index in [1.165, 1.54) is 50.5 Å². The van der Waals surface area contributed by atoms with Crippen LogP contribution in [0.3, 0.4) is 0 Å². The van der Waals surface area contributed by atoms with E-state index in [1.54, 1.807) is 0 Å². The average Bonchev–Trinajstić information content (AvgIpc) is 2.85. The molecule has 0 bridgehead atoms. The molecule has 0 spiro atoms. The van der Waals surface area contributed by atoms with Gasteiger partial charge in [-0.3, -0.25) is 0 Å². The van der Waals surface area contributed by atoms with Crippen LogP contribution in [-0.2, 0) is 0 Å². The maximum Gasteiger partial charge on any atom is 0.0543 e. The largest absolute Gasteiger partial charge is 0.393 e. The lowest BCUT2D eigenvalue weighted by atomic mass is 9.44. The van der Waals surface area contributed by atoms with Crippen molar-refractivity contribution in [3.8, 4) is 0 Å². The van der Waals surface area contributed by atoms with Crippen LogP contribution in [0.1, 0.15) is 78.6 Å². The number of aliphatic hydroxyl groups excluding tert-OH is 1. The first-order valence-corrected chi connectivity index (χ1v) is 10.2. The first-order chi connectivity index (χ1) is 10.9. The van der Waals surface area contributed by atoms with Crippen molar-refractivity contribution in [2.75, 3.05) is 0 Å². The molecule has 0 aromatic heterocycles. The predicted molar refractivity (Wildman–Crippen MR) is 96.0 cm³/mol. The molecule has 0 amide bonds. The van der Waals surface area contributed by atoms with E-state index in [2.05, 4.69) is 27.4 Å². The SMILES string of the molecule is C=C(C)[C@H]1CC[C@H]2[C@@H]3CC[C@H]4C[C@H](O)CC[C@]4(C)[C@H]3CC[C@]12C. The fourth-order valence-electron chi connectivity index (χ4n) is 8.04. The van der Waals surface area contributed by atoms with Crippen LogP contribution in [-0.4, -0.2) is 11.2 Å². The van der Waals surface area contributed by atoms with Crippen LogP contribution in [0.15, 0.2) is 12.2 Å². The fourth-order valence-corrected chi connectivity index (χ4v) is 8.04. The van der Waals surface area contributed by atoms with Gasteiger partial charge in [0.25, 0.3) is 0 Å². The molecule has 0 saturated heterocycles. The molecule has 0 aliphatic heterocycles. The fraction of sp³-hybridized carbons (Fsp3) is 0.909. The zero-order valence-electron chi connectivity index (χ0n) is 15.5. The van der Waals surface area contributed by atoms with E-state index in [1.807, 2.05) is 0 Å². The minimum Gasteiger partial charge on any atom is -0.393 e. The Kier molecular flexibility index (Phi) is 3.76. The number of aliphatic hydroxyl groups is 1. The summed E-state index contributed by atoms with van der Waals surface area (Å²) in [7, 11) is 0. The third-order valence-electron chi connectivity index (χ3n) is 9.23. The van der Waals surface area contributed by atoms with Gasteiger partial charge < -0.3 is 5.11 Å². The van der Waals surface area contributed by atoms with Crippen LogP contribution in [0.25, 0.3) is 0 Å². The summed E-state index contributed by atoms with van der Waals surface area (Å²) in [5.74, 6) is 4.38. The highest BCUT2D eigenvalue weighted by molar-refractivity contribution is 5.15. The lowest BCUT2D eigenvalue weighted by molar-refractivity contribution is -0.124. The maximum atomic E-state index is 10.1. The molecule has 0 radical (unpaired) electrons. The van der Waals surface area contributed by atoms with Crippen molar-refractivity contribution in [2.24, 2.45) is 40.4 Å². The Hall–Kier alpha value is -0.300. The number of hydrogen-bond acceptors (Lipinski definition) is 1. The molecule has 4 aliphatic carbocycles. The molecule has 8 atom stereocenters. The van der Waals surface area contributed by atoms with Crippen LogP contribution >= 0.6 is 0 Å². The van der Waals surface area contributed by atoms with E-state index in [4.69, 9.17) is 0 Å². The molecule has 4 saturated carbocycles. The standard InChI is InChI=1S/C22H36O/c1-14(2)18-7-8-19-17-6-5-15-13-16(23)9-11-21(15,3)20(17)10-12-22(18,19)4/h15-20,23H,1,5-13H2,2-4H3/t15-,16+,17-,18+,19-,20-,21-,22+/m0/s1. The van der Waals surface area contributed by atoms with Crippen molar-refractivity contribution in [3.05, 3.63) is 12.2 Å². The smallest absolute Gasteiger partial charge is 0.0543 e. The highest BCUT2D eigenvalue weighted by atomic mass is 16.3. The summed E-state index contributed by atoms with van der Waals surface area (Å²) in [5, 5.41) is 10.1. The van der Waals surface area contributed by atoms with Crippen LogP contribution < -0.4 is 0 Å². The zero-order valence-corrected chi connectivity index (χ0v) is 15.5. The molecule has 4 rings (SSSR count). The van der Waals surface area contributed by atoms with Crippen molar-refractivity contribution >= 4 is 0 Å². The molecule has 1 N–H and O–H groups in total. The molecule has 4 aliphatic rings. The summed E-state index contributed by atoms with van der Waals surface area (Å²) in [6.45, 7) is 11.8. The van der Waals surface area contributed by atoms with E-state index in [-0.39, 0.29) is 6.10 Å². The molecule has 0 unspecified atom stereocenters. The topological polar surface area (TPSA) is 20.2 Å². The summed E-state index contributed by atoms with van der Waals surface area (Å²) in [6.07, 6.45) is 11.9. The molecule has 0 aromatic carbocycles. The molecule has 130 valence electrons. The van der Waals surface area contributed by atoms with E-state index in [0.29, 0.717) is 10.8 Å². The number of allylic oxidation sites excluding steroid dienone is 1. The van der Waals surface area contributed by atoms with Gasteiger partial charge in [-0.05, 0) is 105 Å². The third kappa shape index (κ3) is 2.21. The van der Waals surface area contributed by atoms with Gasteiger partial charge in [-0.1, -0.05) is 26.0 Å². The van der Waals surface area contributed by atoms with Gasteiger partial charge in [0.05, 0.1) is 6.10 Å². The van der Waals surface area contributed by atoms with Crippen LogP contribution in [0.4, 0.5) is 0 Å². The monoisotopic (exact) mass is 316 g/mol. The lowest BCUT2D eigenvalue weighted by Gasteiger charge is -2.61. The second kappa shape index (κ2) is 5.35. The third-order valence-corrected chi connectivity index (χ3v) is 9.23. The van der Waals surface area contributed by atoms with Gasteiger partial charge in [-0.15, -0.1) is 0 Å². The first kappa shape index (κ1) is 16.2. The minimum absolute atomic E-state index is 0.0160. The molecule has 1 nitrogen and oxygen atoms in total. The molecule has 23 heavy (non-hydrogen) atoms. The van der Waals surface area contributed by atoms with Crippen molar-refractivity contribution in [1.82, 2.24) is 0 Å². The van der Waals surface area contributed by atoms with Crippen LogP contribution in [0, 0.1) is 40.4 Å². The van der Waals surface area contributed by atoms with Crippen molar-refractivity contribution in [2.45, 2.75) is 84.7 Å². The molecular formula is C22H36O. The van der Waals surface area contributed by atoms with Crippen molar-refractivity contribution < 1.29 is 5.11 Å². The Morgan fingerprint density at radius 2 is 1.61 bits per heavy atom. The summed E-state index contributed by atoms with van der Waals surface area (Å²) in [6, 6.07) is 0. The normalized spacial score (nSPS) is 55.7. The Bertz CT molecular complexity index is 496. The highest BCUT2D eigenvalue weighted by Gasteiger charge is 2.60. The lowest BCUT2D eigenvalue weighted by Crippen LogP contribution is -2.53. The summed E-state index contributed by atoms with van der Waals surface area (Å²) < 4.78 is 0. The molecular weight excluding hydrogens is 280 g/mol. The summed E-state index contributed by atoms with van der Waals surface area (Å²) >= 11 is 0. The van der Waals surface area contributed by atoms with Gasteiger partial charge in [0, 0.05) is 0 Å². The van der Waals surface area contributed by atoms with E-state index < -0.39 is 0 Å². The predicted octanol–water partition coefficient (Wildman–Crippen LogP) is 5.58. The van der Waals surface area contributed by atoms with E-state index >= 15 is 0 Å². The van der Waals surface area contributed by atoms with Crippen molar-refractivity contribution in [3.63, 3.8) is 0 Å². The molecule has 4 fully saturated rings. The zero-order chi connectivity index (χ0) is 16.4. The Labute approximate surface area is 142 Å². The van der Waals surface area contributed by atoms with Gasteiger partial charge in [0.15, 0.2) is 0 Å². The van der Waals surface area contributed by atoms with Gasteiger partial charge >= 0.3 is 0 Å². The van der Waals surface area contributed by atoms with Gasteiger partial charge in [0.2, 0.25) is 0 Å². The van der Waals surface area contributed by atoms with Crippen molar-refractivity contribution in [1.29, 1.82) is 0 Å². The Morgan fingerprint density at radius 3 is 2.35 bits per heavy atom. The van der Waals surface area contributed by atoms with Gasteiger partial charge in [-0.25, -0.2) is 0 Å². The second-order valence-electron chi connectivity index (χ2n) is 10.1. The van der Waals surface area contributed by atoms with Gasteiger partial charge in [-0.2, -0.15) is 0 Å². The quantitative estimate of drug-likeness (QED) is 0.626. The average molecular weight is 317 g/mol. The number of fused-ring (bicyclic) bond motifs is 5. The van der Waals surface area contributed by atoms with Crippen LogP contribution in [0.2, 0.25) is 0 Å². The molecule has 0 heterocycles. The van der Waals surface area contributed by atoms with Crippen LogP contribution in [0.5, 0.6) is 0 Å². The maximum absolute atomic E-state index is 10.1.